The molecule has 1 aliphatic rings. The fourth-order valence-corrected chi connectivity index (χ4v) is 15.0. The molecule has 24 heavy (non-hydrogen) atoms. The Balaban J connectivity index is 0.00000529. The zero-order valence-electron chi connectivity index (χ0n) is 17.5. The minimum absolute atomic E-state index is 0. The van der Waals surface area contributed by atoms with Crippen molar-refractivity contribution in [1.29, 1.82) is 0 Å². The van der Waals surface area contributed by atoms with E-state index < -0.39 is 14.9 Å². The fourth-order valence-electron chi connectivity index (χ4n) is 3.85. The van der Waals surface area contributed by atoms with Crippen LogP contribution in [0.25, 0.3) is 0 Å². The summed E-state index contributed by atoms with van der Waals surface area (Å²) in [7, 11) is -1.09. The predicted molar refractivity (Wildman–Crippen MR) is 110 cm³/mol. The molecule has 0 aromatic rings. The number of hydrogen-bond acceptors (Lipinski definition) is 4. The van der Waals surface area contributed by atoms with Crippen LogP contribution in [-0.4, -0.2) is 47.3 Å². The predicted octanol–water partition coefficient (Wildman–Crippen LogP) is 2.41. The first-order valence-corrected chi connectivity index (χ1v) is 12.8. The molecule has 0 amide bonds. The lowest BCUT2D eigenvalue weighted by Crippen LogP contribution is -3.00. The lowest BCUT2D eigenvalue weighted by molar-refractivity contribution is -0.00000664. The van der Waals surface area contributed by atoms with Crippen molar-refractivity contribution >= 4 is 14.9 Å². The summed E-state index contributed by atoms with van der Waals surface area (Å²) in [6.45, 7) is 23.3. The van der Waals surface area contributed by atoms with Crippen LogP contribution in [0.2, 0.25) is 0 Å². The van der Waals surface area contributed by atoms with Gasteiger partial charge in [0.25, 0.3) is 0 Å². The third-order valence-corrected chi connectivity index (χ3v) is 14.8. The van der Waals surface area contributed by atoms with Crippen LogP contribution in [0.3, 0.4) is 0 Å². The lowest BCUT2D eigenvalue weighted by Gasteiger charge is -2.42. The zero-order chi connectivity index (χ0) is 18.1. The van der Waals surface area contributed by atoms with Crippen LogP contribution < -0.4 is 34.2 Å². The van der Waals surface area contributed by atoms with E-state index in [-0.39, 0.29) is 29.5 Å². The minimum Gasteiger partial charge on any atom is -1.00 e. The molecule has 4 nitrogen and oxygen atoms in total. The average molecular weight is 490 g/mol. The molecule has 146 valence electrons. The third kappa shape index (κ3) is 5.63. The summed E-state index contributed by atoms with van der Waals surface area (Å²) >= 11 is 0. The molecule has 1 heterocycles. The van der Waals surface area contributed by atoms with Crippen LogP contribution in [0.1, 0.15) is 68.7 Å². The Labute approximate surface area is 169 Å². The molecule has 1 aliphatic heterocycles. The van der Waals surface area contributed by atoms with Crippen molar-refractivity contribution in [3.8, 4) is 0 Å². The van der Waals surface area contributed by atoms with E-state index in [1.807, 2.05) is 0 Å². The van der Waals surface area contributed by atoms with Crippen LogP contribution in [-0.2, 0) is 0 Å². The van der Waals surface area contributed by atoms with Gasteiger partial charge in [-0.3, -0.25) is 0 Å². The van der Waals surface area contributed by atoms with E-state index in [4.69, 9.17) is 4.52 Å². The molecule has 0 aliphatic carbocycles. The summed E-state index contributed by atoms with van der Waals surface area (Å²) in [6, 6.07) is 0. The van der Waals surface area contributed by atoms with Gasteiger partial charge < -0.3 is 24.0 Å². The molecule has 0 spiro atoms. The summed E-state index contributed by atoms with van der Waals surface area (Å²) in [5.41, 5.74) is 1.92. The number of nitrogens with zero attached hydrogens (tertiary/aromatic N) is 2. The van der Waals surface area contributed by atoms with Gasteiger partial charge in [0.05, 0.1) is 0 Å². The standard InChI is InChI=1S/C17H41N4P2.HI/c1-14(2)22(15(3)4,16(5)6)20-23(19-17(7,8)9)18-12-11-13-21(23)10;/h14-16,18-19H,11-13H2,1-10H3;1H/q+1;/p-1. The third-order valence-electron chi connectivity index (χ3n) is 4.74. The van der Waals surface area contributed by atoms with Gasteiger partial charge in [0, 0.05) is 32.7 Å². The average Bonchev–Trinajstić information content (AvgIpc) is 2.36. The molecule has 0 saturated carbocycles. The topological polar surface area (TPSA) is 39.7 Å². The fraction of sp³-hybridized carbons (Fsp3) is 1.00. The van der Waals surface area contributed by atoms with E-state index >= 15 is 0 Å². The van der Waals surface area contributed by atoms with Gasteiger partial charge in [-0.15, -0.1) is 14.8 Å². The van der Waals surface area contributed by atoms with Gasteiger partial charge in [0.2, 0.25) is 0 Å². The summed E-state index contributed by atoms with van der Waals surface area (Å²) in [5, 5.41) is 7.77. The summed E-state index contributed by atoms with van der Waals surface area (Å²) in [5.74, 6) is 0. The molecule has 2 N–H and O–H groups in total. The van der Waals surface area contributed by atoms with Crippen molar-refractivity contribution in [3.63, 3.8) is 0 Å². The molecular formula is C17H41IN4P2. The first kappa shape index (κ1) is 25.3. The summed E-state index contributed by atoms with van der Waals surface area (Å²) in [6.07, 6.45) is 1.20. The molecule has 1 unspecified atom stereocenters. The minimum atomic E-state index is -1.88. The van der Waals surface area contributed by atoms with E-state index in [0.29, 0.717) is 17.0 Å². The first-order chi connectivity index (χ1) is 10.4. The van der Waals surface area contributed by atoms with Crippen molar-refractivity contribution in [2.45, 2.75) is 91.3 Å². The van der Waals surface area contributed by atoms with E-state index in [9.17, 15) is 0 Å². The Morgan fingerprint density at radius 2 is 1.50 bits per heavy atom. The molecule has 0 bridgehead atoms. The Morgan fingerprint density at radius 1 is 1.04 bits per heavy atom. The molecular weight excluding hydrogens is 449 g/mol. The molecule has 1 rings (SSSR count). The SMILES string of the molecule is CC(C)P(=N[P+]1(NC(C)(C)C)NCCCN1C)(C(C)C)C(C)C.[I-]. The van der Waals surface area contributed by atoms with Crippen molar-refractivity contribution < 1.29 is 24.0 Å². The van der Waals surface area contributed by atoms with E-state index in [2.05, 4.69) is 84.2 Å². The monoisotopic (exact) mass is 490 g/mol. The highest BCUT2D eigenvalue weighted by Crippen LogP contribution is 2.72. The van der Waals surface area contributed by atoms with Gasteiger partial charge in [0.1, 0.15) is 0 Å². The van der Waals surface area contributed by atoms with Gasteiger partial charge in [-0.25, -0.2) is 0 Å². The quantitative estimate of drug-likeness (QED) is 0.460. The highest BCUT2D eigenvalue weighted by molar-refractivity contribution is 7.79. The Hall–Kier alpha value is 1.27. The van der Waals surface area contributed by atoms with Crippen LogP contribution in [0.4, 0.5) is 0 Å². The van der Waals surface area contributed by atoms with E-state index in [1.54, 1.807) is 0 Å². The smallest absolute Gasteiger partial charge is 0.347 e. The second-order valence-electron chi connectivity index (χ2n) is 8.77. The number of rotatable bonds is 5. The van der Waals surface area contributed by atoms with Crippen LogP contribution >= 0.6 is 14.9 Å². The normalized spacial score (nSPS) is 23.7. The molecule has 1 saturated heterocycles. The van der Waals surface area contributed by atoms with Crippen molar-refractivity contribution in [2.75, 3.05) is 20.1 Å². The highest BCUT2D eigenvalue weighted by atomic mass is 127. The Bertz CT molecular complexity index is 418. The lowest BCUT2D eigenvalue weighted by atomic mass is 10.1. The maximum Gasteiger partial charge on any atom is 0.347 e. The molecule has 0 aromatic carbocycles. The summed E-state index contributed by atoms with van der Waals surface area (Å²) < 4.78 is 8.28. The van der Waals surface area contributed by atoms with Crippen molar-refractivity contribution in [2.24, 2.45) is 4.52 Å². The van der Waals surface area contributed by atoms with E-state index in [0.717, 1.165) is 13.1 Å². The first-order valence-electron chi connectivity index (χ1n) is 9.15. The van der Waals surface area contributed by atoms with Gasteiger partial charge >= 0.3 is 7.87 Å². The molecule has 1 atom stereocenters. The van der Waals surface area contributed by atoms with Crippen LogP contribution in [0, 0.1) is 0 Å². The Kier molecular flexibility index (Phi) is 9.96. The van der Waals surface area contributed by atoms with E-state index in [1.165, 1.54) is 6.42 Å². The van der Waals surface area contributed by atoms with Gasteiger partial charge in [0.15, 0.2) is 0 Å². The second kappa shape index (κ2) is 9.46. The van der Waals surface area contributed by atoms with Crippen LogP contribution in [0.15, 0.2) is 4.52 Å². The Morgan fingerprint density at radius 3 is 1.83 bits per heavy atom. The number of hydrogen-bond donors (Lipinski definition) is 2. The van der Waals surface area contributed by atoms with Gasteiger partial charge in [-0.1, -0.05) is 46.1 Å². The van der Waals surface area contributed by atoms with Crippen LogP contribution in [0.5, 0.6) is 0 Å². The molecule has 0 radical (unpaired) electrons. The zero-order valence-corrected chi connectivity index (χ0v) is 21.5. The largest absolute Gasteiger partial charge is 1.00 e. The van der Waals surface area contributed by atoms with Gasteiger partial charge in [-0.2, -0.15) is 0 Å². The number of halogens is 1. The molecule has 0 aromatic heterocycles. The molecule has 7 heteroatoms. The second-order valence-corrected chi connectivity index (χ2v) is 16.6. The van der Waals surface area contributed by atoms with Crippen molar-refractivity contribution in [1.82, 2.24) is 14.8 Å². The summed E-state index contributed by atoms with van der Waals surface area (Å²) in [4.78, 5) is 0. The highest BCUT2D eigenvalue weighted by Gasteiger charge is 2.52. The van der Waals surface area contributed by atoms with Crippen molar-refractivity contribution in [3.05, 3.63) is 0 Å². The maximum absolute atomic E-state index is 5.79. The maximum atomic E-state index is 5.79. The number of nitrogens with one attached hydrogen (secondary N) is 2. The molecule has 1 fully saturated rings. The van der Waals surface area contributed by atoms with Gasteiger partial charge in [-0.05, 0) is 44.2 Å².